The van der Waals surface area contributed by atoms with E-state index >= 15 is 0 Å². The molecular weight excluding hydrogens is 520 g/mol. The van der Waals surface area contributed by atoms with Crippen LogP contribution in [-0.2, 0) is 28.3 Å². The Labute approximate surface area is 244 Å². The first-order valence-corrected chi connectivity index (χ1v) is 12.7. The number of hydrogen-bond acceptors (Lipinski definition) is 2. The third-order valence-corrected chi connectivity index (χ3v) is 6.93. The van der Waals surface area contributed by atoms with Gasteiger partial charge in [0.2, 0.25) is 0 Å². The molecule has 3 heteroatoms. The smallest absolute Gasteiger partial charge is 0.380 e. The monoisotopic (exact) mass is 550 g/mol. The predicted molar refractivity (Wildman–Crippen MR) is 153 cm³/mol. The zero-order valence-electron chi connectivity index (χ0n) is 21.4. The van der Waals surface area contributed by atoms with Gasteiger partial charge in [-0.05, 0) is 73.6 Å². The van der Waals surface area contributed by atoms with Crippen LogP contribution in [0.2, 0.25) is 0 Å². The fraction of sp³-hybridized carbons (Fsp3) is 0.0556. The topological polar surface area (TPSA) is 40.5 Å². The standard InChI is InChI=1S/2C18H15O.Fe/c2*19-18(17-13-7-8-14-17,15-9-3-1-4-10-15)16-11-5-2-6-12-16;/h2*1-14,19H;/q;;+2. The van der Waals surface area contributed by atoms with Crippen LogP contribution >= 0.6 is 0 Å². The molecule has 2 aliphatic rings. The molecule has 2 aliphatic carbocycles. The first kappa shape index (κ1) is 29.3. The molecule has 4 aromatic carbocycles. The second-order valence-electron chi connectivity index (χ2n) is 9.23. The van der Waals surface area contributed by atoms with Crippen molar-refractivity contribution in [2.75, 3.05) is 0 Å². The Morgan fingerprint density at radius 2 is 0.538 bits per heavy atom. The van der Waals surface area contributed by atoms with Crippen molar-refractivity contribution in [3.8, 4) is 0 Å². The summed E-state index contributed by atoms with van der Waals surface area (Å²) in [4.78, 5) is 0. The van der Waals surface area contributed by atoms with Gasteiger partial charge in [-0.15, -0.1) is 0 Å². The third-order valence-electron chi connectivity index (χ3n) is 6.93. The molecule has 0 aromatic heterocycles. The minimum Gasteiger partial charge on any atom is -0.380 e. The van der Waals surface area contributed by atoms with Gasteiger partial charge in [0.05, 0.1) is 0 Å². The molecule has 2 saturated carbocycles. The van der Waals surface area contributed by atoms with E-state index < -0.39 is 11.2 Å². The summed E-state index contributed by atoms with van der Waals surface area (Å²) in [6.45, 7) is 0. The number of rotatable bonds is 6. The molecule has 0 heterocycles. The maximum Gasteiger partial charge on any atom is 2.00 e. The molecular formula is C36H30FeO2+2. The maximum atomic E-state index is 11.3. The number of hydrogen-bond donors (Lipinski definition) is 2. The molecule has 0 saturated heterocycles. The Morgan fingerprint density at radius 1 is 0.333 bits per heavy atom. The molecule has 0 unspecified atom stereocenters. The van der Waals surface area contributed by atoms with Gasteiger partial charge < -0.3 is 10.2 Å². The third kappa shape index (κ3) is 6.23. The van der Waals surface area contributed by atoms with Gasteiger partial charge in [-0.25, -0.2) is 0 Å². The fourth-order valence-corrected chi connectivity index (χ4v) is 4.95. The normalized spacial score (nSPS) is 16.3. The molecule has 39 heavy (non-hydrogen) atoms. The minimum atomic E-state index is -1.09. The molecule has 10 radical (unpaired) electrons. The molecule has 0 bridgehead atoms. The number of benzene rings is 4. The molecule has 0 spiro atoms. The molecule has 2 nitrogen and oxygen atoms in total. The van der Waals surface area contributed by atoms with E-state index in [2.05, 4.69) is 0 Å². The summed E-state index contributed by atoms with van der Waals surface area (Å²) in [5.74, 6) is 1.79. The van der Waals surface area contributed by atoms with E-state index in [4.69, 9.17) is 0 Å². The molecule has 2 N–H and O–H groups in total. The van der Waals surface area contributed by atoms with E-state index in [-0.39, 0.29) is 17.1 Å². The molecule has 2 fully saturated rings. The largest absolute Gasteiger partial charge is 2.00 e. The quantitative estimate of drug-likeness (QED) is 0.264. The Balaban J connectivity index is 0.000000176. The maximum absolute atomic E-state index is 11.3. The van der Waals surface area contributed by atoms with E-state index in [1.54, 1.807) is 0 Å². The van der Waals surface area contributed by atoms with Crippen LogP contribution in [0.15, 0.2) is 121 Å². The van der Waals surface area contributed by atoms with Crippen LogP contribution in [0.5, 0.6) is 0 Å². The van der Waals surface area contributed by atoms with Gasteiger partial charge in [-0.3, -0.25) is 0 Å². The van der Waals surface area contributed by atoms with Crippen LogP contribution in [0, 0.1) is 63.2 Å². The van der Waals surface area contributed by atoms with Crippen LogP contribution in [0.4, 0.5) is 0 Å². The summed E-state index contributed by atoms with van der Waals surface area (Å²) in [6, 6.07) is 39.1. The average molecular weight is 550 g/mol. The van der Waals surface area contributed by atoms with E-state index in [0.29, 0.717) is 0 Å². The van der Waals surface area contributed by atoms with Crippen molar-refractivity contribution in [3.05, 3.63) is 207 Å². The van der Waals surface area contributed by atoms with Gasteiger partial charge in [-0.2, -0.15) is 0 Å². The minimum absolute atomic E-state index is 0. The summed E-state index contributed by atoms with van der Waals surface area (Å²) in [5.41, 5.74) is 1.34. The fourth-order valence-electron chi connectivity index (χ4n) is 4.95. The van der Waals surface area contributed by atoms with Crippen LogP contribution in [-0.4, -0.2) is 10.2 Å². The van der Waals surface area contributed by atoms with Crippen LogP contribution < -0.4 is 0 Å². The van der Waals surface area contributed by atoms with E-state index in [0.717, 1.165) is 34.1 Å². The van der Waals surface area contributed by atoms with E-state index in [9.17, 15) is 10.2 Å². The molecule has 192 valence electrons. The van der Waals surface area contributed by atoms with Crippen LogP contribution in [0.3, 0.4) is 0 Å². The van der Waals surface area contributed by atoms with Crippen molar-refractivity contribution in [1.82, 2.24) is 0 Å². The van der Waals surface area contributed by atoms with Crippen molar-refractivity contribution in [2.45, 2.75) is 11.2 Å². The zero-order valence-corrected chi connectivity index (χ0v) is 22.5. The second kappa shape index (κ2) is 13.6. The summed E-state index contributed by atoms with van der Waals surface area (Å²) in [5, 5.41) is 22.6. The van der Waals surface area contributed by atoms with Crippen molar-refractivity contribution >= 4 is 0 Å². The van der Waals surface area contributed by atoms with Crippen molar-refractivity contribution in [1.29, 1.82) is 0 Å². The first-order chi connectivity index (χ1) is 18.6. The summed E-state index contributed by atoms with van der Waals surface area (Å²) in [7, 11) is 0. The number of aliphatic hydroxyl groups is 2. The van der Waals surface area contributed by atoms with E-state index in [1.807, 2.05) is 173 Å². The Hall–Kier alpha value is -2.68. The summed E-state index contributed by atoms with van der Waals surface area (Å²) < 4.78 is 0. The zero-order chi connectivity index (χ0) is 26.3. The molecule has 6 rings (SSSR count). The average Bonchev–Trinajstić information content (AvgIpc) is 3.75. The molecule has 0 atom stereocenters. The first-order valence-electron chi connectivity index (χ1n) is 12.7. The predicted octanol–water partition coefficient (Wildman–Crippen LogP) is 6.65. The molecule has 0 amide bonds. The SMILES string of the molecule is OC([C]1[CH][CH][CH][CH]1)(c1ccccc1)c1ccccc1.OC([C]1[CH][CH][CH][CH]1)(c1ccccc1)c1ccccc1.[Fe+2]. The van der Waals surface area contributed by atoms with Gasteiger partial charge in [0.25, 0.3) is 0 Å². The van der Waals surface area contributed by atoms with Gasteiger partial charge in [0, 0.05) is 11.8 Å². The Morgan fingerprint density at radius 3 is 0.744 bits per heavy atom. The van der Waals surface area contributed by atoms with Gasteiger partial charge in [0.15, 0.2) is 0 Å². The van der Waals surface area contributed by atoms with E-state index in [1.165, 1.54) is 0 Å². The van der Waals surface area contributed by atoms with Gasteiger partial charge in [0.1, 0.15) is 11.2 Å². The van der Waals surface area contributed by atoms with Crippen molar-refractivity contribution in [2.24, 2.45) is 0 Å². The molecule has 0 aliphatic heterocycles. The van der Waals surface area contributed by atoms with Crippen LogP contribution in [0.1, 0.15) is 22.3 Å². The van der Waals surface area contributed by atoms with Crippen LogP contribution in [0.25, 0.3) is 0 Å². The van der Waals surface area contributed by atoms with Crippen molar-refractivity contribution < 1.29 is 27.3 Å². The Bertz CT molecular complexity index is 1050. The summed E-state index contributed by atoms with van der Waals surface area (Å²) in [6.07, 6.45) is 15.6. The van der Waals surface area contributed by atoms with Gasteiger partial charge in [-0.1, -0.05) is 121 Å². The second-order valence-corrected chi connectivity index (χ2v) is 9.23. The van der Waals surface area contributed by atoms with Crippen molar-refractivity contribution in [3.63, 3.8) is 0 Å². The Kier molecular flexibility index (Phi) is 10.2. The molecule has 4 aromatic rings. The van der Waals surface area contributed by atoms with Gasteiger partial charge >= 0.3 is 17.1 Å². The summed E-state index contributed by atoms with van der Waals surface area (Å²) >= 11 is 0.